The topological polar surface area (TPSA) is 43.2 Å². The minimum absolute atomic E-state index is 0.848. The van der Waals surface area contributed by atoms with Gasteiger partial charge in [0.15, 0.2) is 0 Å². The number of rotatable bonds is 4. The normalized spacial score (nSPS) is 20.5. The van der Waals surface area contributed by atoms with Crippen molar-refractivity contribution in [2.45, 2.75) is 19.4 Å². The molecule has 0 radical (unpaired) electrons. The molecule has 0 atom stereocenters. The van der Waals surface area contributed by atoms with E-state index in [1.165, 1.54) is 5.57 Å². The highest BCUT2D eigenvalue weighted by atomic mass is 16.5. The summed E-state index contributed by atoms with van der Waals surface area (Å²) in [6, 6.07) is 0. The Morgan fingerprint density at radius 1 is 1.16 bits per heavy atom. The number of ether oxygens (including phenoxy) is 1. The highest BCUT2D eigenvalue weighted by Gasteiger charge is 2.11. The zero-order chi connectivity index (χ0) is 12.9. The van der Waals surface area contributed by atoms with Gasteiger partial charge in [0.2, 0.25) is 0 Å². The van der Waals surface area contributed by atoms with Gasteiger partial charge in [-0.15, -0.1) is 5.10 Å². The fraction of sp³-hybridized carbons (Fsp3) is 0.571. The fourth-order valence-corrected chi connectivity index (χ4v) is 2.41. The monoisotopic (exact) mass is 260 g/mol. The molecule has 0 unspecified atom stereocenters. The Labute approximate surface area is 113 Å². The summed E-state index contributed by atoms with van der Waals surface area (Å²) in [6.07, 6.45) is 10.8. The van der Waals surface area contributed by atoms with Crippen LogP contribution in [0, 0.1) is 0 Å². The maximum absolute atomic E-state index is 5.34. The van der Waals surface area contributed by atoms with Crippen LogP contribution in [-0.4, -0.2) is 52.7 Å². The van der Waals surface area contributed by atoms with Gasteiger partial charge in [-0.2, -0.15) is 0 Å². The van der Waals surface area contributed by atoms with E-state index >= 15 is 0 Å². The summed E-state index contributed by atoms with van der Waals surface area (Å²) < 4.78 is 7.28. The first-order chi connectivity index (χ1) is 9.42. The summed E-state index contributed by atoms with van der Waals surface area (Å²) in [6.45, 7) is 5.65. The molecule has 2 heterocycles. The zero-order valence-corrected chi connectivity index (χ0v) is 11.2. The number of nitrogens with zero attached hydrogens (tertiary/aromatic N) is 4. The first-order valence-electron chi connectivity index (χ1n) is 6.99. The van der Waals surface area contributed by atoms with Crippen LogP contribution < -0.4 is 0 Å². The van der Waals surface area contributed by atoms with Crippen LogP contribution in [-0.2, 0) is 11.3 Å². The van der Waals surface area contributed by atoms with Gasteiger partial charge in [0.25, 0.3) is 0 Å². The van der Waals surface area contributed by atoms with E-state index in [2.05, 4.69) is 33.4 Å². The second-order valence-corrected chi connectivity index (χ2v) is 4.96. The maximum atomic E-state index is 5.34. The molecule has 0 spiro atoms. The summed E-state index contributed by atoms with van der Waals surface area (Å²) >= 11 is 0. The van der Waals surface area contributed by atoms with Gasteiger partial charge < -0.3 is 4.74 Å². The molecule has 102 valence electrons. The summed E-state index contributed by atoms with van der Waals surface area (Å²) in [4.78, 5) is 2.41. The quantitative estimate of drug-likeness (QED) is 0.819. The minimum atomic E-state index is 0.848. The molecule has 1 aromatic rings. The SMILES string of the molecule is C1=CC(c2cn(CCN3CCOCC3)nn2)=CCC1. The van der Waals surface area contributed by atoms with Crippen molar-refractivity contribution in [3.63, 3.8) is 0 Å². The molecule has 1 fully saturated rings. The van der Waals surface area contributed by atoms with Crippen molar-refractivity contribution in [1.82, 2.24) is 19.9 Å². The molecule has 1 saturated heterocycles. The second kappa shape index (κ2) is 6.12. The lowest BCUT2D eigenvalue weighted by Crippen LogP contribution is -2.38. The van der Waals surface area contributed by atoms with E-state index in [-0.39, 0.29) is 0 Å². The molecule has 2 aliphatic rings. The summed E-state index contributed by atoms with van der Waals surface area (Å²) in [5.41, 5.74) is 2.18. The van der Waals surface area contributed by atoms with Gasteiger partial charge in [0, 0.05) is 19.6 Å². The van der Waals surface area contributed by atoms with Crippen molar-refractivity contribution in [1.29, 1.82) is 0 Å². The molecule has 0 aromatic carbocycles. The van der Waals surface area contributed by atoms with E-state index in [1.807, 2.05) is 10.9 Å². The predicted molar refractivity (Wildman–Crippen MR) is 73.6 cm³/mol. The van der Waals surface area contributed by atoms with Gasteiger partial charge in [-0.1, -0.05) is 23.4 Å². The van der Waals surface area contributed by atoms with Gasteiger partial charge in [-0.05, 0) is 18.4 Å². The van der Waals surface area contributed by atoms with E-state index in [1.54, 1.807) is 0 Å². The molecule has 0 bridgehead atoms. The Bertz CT molecular complexity index is 472. The molecular formula is C14H20N4O. The van der Waals surface area contributed by atoms with Crippen LogP contribution in [0.3, 0.4) is 0 Å². The fourth-order valence-electron chi connectivity index (χ4n) is 2.41. The van der Waals surface area contributed by atoms with Crippen molar-refractivity contribution in [3.05, 3.63) is 30.1 Å². The number of morpholine rings is 1. The Morgan fingerprint density at radius 3 is 2.84 bits per heavy atom. The first-order valence-corrected chi connectivity index (χ1v) is 6.99. The summed E-state index contributed by atoms with van der Waals surface area (Å²) in [5.74, 6) is 0. The number of hydrogen-bond donors (Lipinski definition) is 0. The third-order valence-electron chi connectivity index (χ3n) is 3.58. The third-order valence-corrected chi connectivity index (χ3v) is 3.58. The molecule has 1 aliphatic heterocycles. The molecule has 0 saturated carbocycles. The van der Waals surface area contributed by atoms with Crippen LogP contribution >= 0.6 is 0 Å². The summed E-state index contributed by atoms with van der Waals surface area (Å²) in [5, 5.41) is 8.46. The van der Waals surface area contributed by atoms with Crippen LogP contribution in [0.2, 0.25) is 0 Å². The van der Waals surface area contributed by atoms with E-state index in [0.29, 0.717) is 0 Å². The zero-order valence-electron chi connectivity index (χ0n) is 11.2. The lowest BCUT2D eigenvalue weighted by Gasteiger charge is -2.26. The molecular weight excluding hydrogens is 240 g/mol. The van der Waals surface area contributed by atoms with E-state index in [4.69, 9.17) is 4.74 Å². The van der Waals surface area contributed by atoms with Gasteiger partial charge in [0.1, 0.15) is 5.69 Å². The van der Waals surface area contributed by atoms with Gasteiger partial charge in [0.05, 0.1) is 26.0 Å². The Morgan fingerprint density at radius 2 is 2.05 bits per heavy atom. The number of hydrogen-bond acceptors (Lipinski definition) is 4. The Balaban J connectivity index is 1.55. The number of aromatic nitrogens is 3. The smallest absolute Gasteiger partial charge is 0.112 e. The lowest BCUT2D eigenvalue weighted by atomic mass is 10.1. The Kier molecular flexibility index (Phi) is 4.05. The van der Waals surface area contributed by atoms with Gasteiger partial charge >= 0.3 is 0 Å². The molecule has 1 aliphatic carbocycles. The minimum Gasteiger partial charge on any atom is -0.379 e. The molecule has 3 rings (SSSR count). The van der Waals surface area contributed by atoms with Crippen molar-refractivity contribution in [2.24, 2.45) is 0 Å². The maximum Gasteiger partial charge on any atom is 0.112 e. The highest BCUT2D eigenvalue weighted by Crippen LogP contribution is 2.18. The Hall–Kier alpha value is -1.46. The average Bonchev–Trinajstić information content (AvgIpc) is 2.96. The van der Waals surface area contributed by atoms with Crippen molar-refractivity contribution in [2.75, 3.05) is 32.8 Å². The van der Waals surface area contributed by atoms with Crippen molar-refractivity contribution < 1.29 is 4.74 Å². The largest absolute Gasteiger partial charge is 0.379 e. The first kappa shape index (κ1) is 12.6. The van der Waals surface area contributed by atoms with E-state index in [9.17, 15) is 0 Å². The number of allylic oxidation sites excluding steroid dienone is 4. The van der Waals surface area contributed by atoms with Crippen LogP contribution in [0.25, 0.3) is 5.57 Å². The van der Waals surface area contributed by atoms with E-state index < -0.39 is 0 Å². The lowest BCUT2D eigenvalue weighted by molar-refractivity contribution is 0.0359. The molecule has 19 heavy (non-hydrogen) atoms. The van der Waals surface area contributed by atoms with Crippen molar-refractivity contribution >= 4 is 5.57 Å². The van der Waals surface area contributed by atoms with Crippen LogP contribution in [0.4, 0.5) is 0 Å². The standard InChI is InChI=1S/C14H20N4O/c1-2-4-13(5-3-1)14-12-18(16-15-14)7-6-17-8-10-19-11-9-17/h2,4-5,12H,1,3,6-11H2. The molecule has 5 heteroatoms. The molecule has 0 amide bonds. The van der Waals surface area contributed by atoms with Crippen LogP contribution in [0.5, 0.6) is 0 Å². The van der Waals surface area contributed by atoms with Gasteiger partial charge in [-0.3, -0.25) is 9.58 Å². The molecule has 0 N–H and O–H groups in total. The van der Waals surface area contributed by atoms with E-state index in [0.717, 1.165) is 57.9 Å². The van der Waals surface area contributed by atoms with Crippen molar-refractivity contribution in [3.8, 4) is 0 Å². The average molecular weight is 260 g/mol. The molecule has 5 nitrogen and oxygen atoms in total. The predicted octanol–water partition coefficient (Wildman–Crippen LogP) is 1.34. The second-order valence-electron chi connectivity index (χ2n) is 4.96. The summed E-state index contributed by atoms with van der Waals surface area (Å²) in [7, 11) is 0. The molecule has 1 aromatic heterocycles. The van der Waals surface area contributed by atoms with Gasteiger partial charge in [-0.25, -0.2) is 0 Å². The third kappa shape index (κ3) is 3.30. The highest BCUT2D eigenvalue weighted by molar-refractivity contribution is 5.71. The van der Waals surface area contributed by atoms with Crippen LogP contribution in [0.15, 0.2) is 24.4 Å². The van der Waals surface area contributed by atoms with Crippen LogP contribution in [0.1, 0.15) is 18.5 Å².